The fourth-order valence-electron chi connectivity index (χ4n) is 1.72. The molecular weight excluding hydrogens is 343 g/mol. The second kappa shape index (κ2) is 6.45. The van der Waals surface area contributed by atoms with Crippen LogP contribution in [0.3, 0.4) is 0 Å². The standard InChI is InChI=1S/C14H10BrFN2O3/c15-11-4-2-1-3-10(11)8-17-14(19)9-5-6-13(18(20)21)12(16)7-9/h1-7H,8H2,(H,17,19). The molecule has 1 N–H and O–H groups in total. The van der Waals surface area contributed by atoms with Gasteiger partial charge in [-0.3, -0.25) is 14.9 Å². The van der Waals surface area contributed by atoms with Crippen LogP contribution in [0.5, 0.6) is 0 Å². The molecule has 5 nitrogen and oxygen atoms in total. The van der Waals surface area contributed by atoms with Gasteiger partial charge in [0.25, 0.3) is 5.91 Å². The van der Waals surface area contributed by atoms with E-state index in [0.717, 1.165) is 22.2 Å². The van der Waals surface area contributed by atoms with Crippen LogP contribution in [-0.2, 0) is 6.54 Å². The molecule has 2 rings (SSSR count). The Hall–Kier alpha value is -2.28. The molecule has 2 aromatic rings. The number of halogens is 2. The number of nitrogens with zero attached hydrogens (tertiary/aromatic N) is 1. The fourth-order valence-corrected chi connectivity index (χ4v) is 2.14. The second-order valence-electron chi connectivity index (χ2n) is 4.20. The molecule has 21 heavy (non-hydrogen) atoms. The van der Waals surface area contributed by atoms with E-state index < -0.39 is 22.3 Å². The van der Waals surface area contributed by atoms with E-state index in [4.69, 9.17) is 0 Å². The summed E-state index contributed by atoms with van der Waals surface area (Å²) < 4.78 is 14.3. The van der Waals surface area contributed by atoms with Gasteiger partial charge in [0.2, 0.25) is 5.82 Å². The molecule has 7 heteroatoms. The van der Waals surface area contributed by atoms with Crippen LogP contribution in [0.15, 0.2) is 46.9 Å². The zero-order chi connectivity index (χ0) is 15.4. The Morgan fingerprint density at radius 3 is 2.62 bits per heavy atom. The minimum absolute atomic E-state index is 0.0325. The summed E-state index contributed by atoms with van der Waals surface area (Å²) in [6.07, 6.45) is 0. The summed E-state index contributed by atoms with van der Waals surface area (Å²) in [6, 6.07) is 10.4. The van der Waals surface area contributed by atoms with Crippen LogP contribution in [0.2, 0.25) is 0 Å². The van der Waals surface area contributed by atoms with Crippen molar-refractivity contribution < 1.29 is 14.1 Å². The smallest absolute Gasteiger partial charge is 0.304 e. The van der Waals surface area contributed by atoms with Gasteiger partial charge in [0, 0.05) is 22.6 Å². The molecule has 0 bridgehead atoms. The number of carbonyl (C=O) groups excluding carboxylic acids is 1. The molecular formula is C14H10BrFN2O3. The van der Waals surface area contributed by atoms with Crippen LogP contribution < -0.4 is 5.32 Å². The lowest BCUT2D eigenvalue weighted by Gasteiger charge is -2.07. The molecule has 0 aliphatic rings. The molecule has 0 aliphatic carbocycles. The monoisotopic (exact) mass is 352 g/mol. The predicted octanol–water partition coefficient (Wildman–Crippen LogP) is 3.43. The minimum atomic E-state index is -1.03. The Balaban J connectivity index is 2.09. The highest BCUT2D eigenvalue weighted by atomic mass is 79.9. The molecule has 0 saturated carbocycles. The molecule has 0 radical (unpaired) electrons. The van der Waals surface area contributed by atoms with Gasteiger partial charge in [-0.1, -0.05) is 34.1 Å². The molecule has 0 fully saturated rings. The van der Waals surface area contributed by atoms with Crippen molar-refractivity contribution >= 4 is 27.5 Å². The molecule has 0 heterocycles. The van der Waals surface area contributed by atoms with Crippen molar-refractivity contribution in [2.75, 3.05) is 0 Å². The van der Waals surface area contributed by atoms with Crippen molar-refractivity contribution in [2.45, 2.75) is 6.54 Å². The zero-order valence-corrected chi connectivity index (χ0v) is 12.3. The molecule has 0 saturated heterocycles. The molecule has 0 unspecified atom stereocenters. The third kappa shape index (κ3) is 3.63. The van der Waals surface area contributed by atoms with E-state index in [0.29, 0.717) is 0 Å². The Kier molecular flexibility index (Phi) is 4.64. The van der Waals surface area contributed by atoms with Crippen molar-refractivity contribution in [1.29, 1.82) is 0 Å². The van der Waals surface area contributed by atoms with E-state index in [-0.39, 0.29) is 12.1 Å². The number of nitrogens with one attached hydrogen (secondary N) is 1. The number of amides is 1. The Morgan fingerprint density at radius 1 is 1.29 bits per heavy atom. The number of nitro groups is 1. The van der Waals surface area contributed by atoms with Gasteiger partial charge in [-0.2, -0.15) is 4.39 Å². The maximum absolute atomic E-state index is 13.5. The maximum atomic E-state index is 13.5. The molecule has 0 atom stereocenters. The Bertz CT molecular complexity index is 706. The molecule has 1 amide bonds. The summed E-state index contributed by atoms with van der Waals surface area (Å²) in [4.78, 5) is 21.6. The van der Waals surface area contributed by atoms with E-state index in [1.54, 1.807) is 0 Å². The minimum Gasteiger partial charge on any atom is -0.348 e. The summed E-state index contributed by atoms with van der Waals surface area (Å²) in [5.74, 6) is -1.53. The number of hydrogen-bond donors (Lipinski definition) is 1. The first-order chi connectivity index (χ1) is 9.99. The lowest BCUT2D eigenvalue weighted by molar-refractivity contribution is -0.387. The van der Waals surface area contributed by atoms with E-state index >= 15 is 0 Å². The Morgan fingerprint density at radius 2 is 2.00 bits per heavy atom. The zero-order valence-electron chi connectivity index (χ0n) is 10.7. The van der Waals surface area contributed by atoms with Crippen molar-refractivity contribution in [3.05, 3.63) is 74.0 Å². The highest BCUT2D eigenvalue weighted by Gasteiger charge is 2.16. The first-order valence-electron chi connectivity index (χ1n) is 5.94. The number of nitro benzene ring substituents is 1. The molecule has 0 aliphatic heterocycles. The molecule has 2 aromatic carbocycles. The van der Waals surface area contributed by atoms with Gasteiger partial charge in [0.15, 0.2) is 0 Å². The first-order valence-corrected chi connectivity index (χ1v) is 6.74. The van der Waals surface area contributed by atoms with Crippen molar-refractivity contribution in [2.24, 2.45) is 0 Å². The van der Waals surface area contributed by atoms with Crippen LogP contribution in [0.1, 0.15) is 15.9 Å². The lowest BCUT2D eigenvalue weighted by atomic mass is 10.1. The molecule has 108 valence electrons. The number of hydrogen-bond acceptors (Lipinski definition) is 3. The van der Waals surface area contributed by atoms with Crippen LogP contribution in [-0.4, -0.2) is 10.8 Å². The van der Waals surface area contributed by atoms with Crippen LogP contribution >= 0.6 is 15.9 Å². The SMILES string of the molecule is O=C(NCc1ccccc1Br)c1ccc([N+](=O)[O-])c(F)c1. The summed E-state index contributed by atoms with van der Waals surface area (Å²) >= 11 is 3.35. The van der Waals surface area contributed by atoms with Gasteiger partial charge in [-0.05, 0) is 23.8 Å². The predicted molar refractivity (Wildman–Crippen MR) is 78.4 cm³/mol. The fraction of sp³-hybridized carbons (Fsp3) is 0.0714. The van der Waals surface area contributed by atoms with E-state index in [2.05, 4.69) is 21.2 Å². The van der Waals surface area contributed by atoms with Gasteiger partial charge in [0.05, 0.1) is 4.92 Å². The molecule has 0 aromatic heterocycles. The Labute approximate surface area is 128 Å². The van der Waals surface area contributed by atoms with Crippen molar-refractivity contribution in [3.63, 3.8) is 0 Å². The topological polar surface area (TPSA) is 72.2 Å². The maximum Gasteiger partial charge on any atom is 0.304 e. The van der Waals surface area contributed by atoms with Crippen molar-refractivity contribution in [3.8, 4) is 0 Å². The van der Waals surface area contributed by atoms with Gasteiger partial charge in [-0.15, -0.1) is 0 Å². The third-order valence-corrected chi connectivity index (χ3v) is 3.58. The van der Waals surface area contributed by atoms with Crippen LogP contribution in [0, 0.1) is 15.9 Å². The van der Waals surface area contributed by atoms with Gasteiger partial charge >= 0.3 is 5.69 Å². The first kappa shape index (κ1) is 15.1. The van der Waals surface area contributed by atoms with Gasteiger partial charge < -0.3 is 5.32 Å². The third-order valence-electron chi connectivity index (χ3n) is 2.80. The number of carbonyl (C=O) groups is 1. The quantitative estimate of drug-likeness (QED) is 0.676. The normalized spacial score (nSPS) is 10.2. The lowest BCUT2D eigenvalue weighted by Crippen LogP contribution is -2.23. The number of benzene rings is 2. The molecule has 0 spiro atoms. The summed E-state index contributed by atoms with van der Waals surface area (Å²) in [5.41, 5.74) is 0.246. The summed E-state index contributed by atoms with van der Waals surface area (Å²) in [5, 5.41) is 13.1. The van der Waals surface area contributed by atoms with E-state index in [9.17, 15) is 19.3 Å². The number of rotatable bonds is 4. The van der Waals surface area contributed by atoms with Gasteiger partial charge in [-0.25, -0.2) is 0 Å². The summed E-state index contributed by atoms with van der Waals surface area (Å²) in [7, 11) is 0. The van der Waals surface area contributed by atoms with Crippen molar-refractivity contribution in [1.82, 2.24) is 5.32 Å². The average Bonchev–Trinajstić information content (AvgIpc) is 2.45. The highest BCUT2D eigenvalue weighted by Crippen LogP contribution is 2.19. The van der Waals surface area contributed by atoms with Crippen LogP contribution in [0.25, 0.3) is 0 Å². The van der Waals surface area contributed by atoms with Crippen LogP contribution in [0.4, 0.5) is 10.1 Å². The van der Waals surface area contributed by atoms with E-state index in [1.807, 2.05) is 24.3 Å². The largest absolute Gasteiger partial charge is 0.348 e. The summed E-state index contributed by atoms with van der Waals surface area (Å²) in [6.45, 7) is 0.263. The second-order valence-corrected chi connectivity index (χ2v) is 5.05. The highest BCUT2D eigenvalue weighted by molar-refractivity contribution is 9.10. The van der Waals surface area contributed by atoms with Gasteiger partial charge in [0.1, 0.15) is 0 Å². The average molecular weight is 353 g/mol. The van der Waals surface area contributed by atoms with E-state index in [1.165, 1.54) is 6.07 Å².